The van der Waals surface area contributed by atoms with Gasteiger partial charge in [-0.15, -0.1) is 0 Å². The Morgan fingerprint density at radius 1 is 1.12 bits per heavy atom. The largest absolute Gasteiger partial charge is 0.480 e. The van der Waals surface area contributed by atoms with Crippen LogP contribution in [0.4, 0.5) is 4.39 Å². The van der Waals surface area contributed by atoms with E-state index in [4.69, 9.17) is 5.11 Å². The molecule has 2 fully saturated rings. The zero-order chi connectivity index (χ0) is 18.2. The Balaban J connectivity index is 1.89. The normalized spacial score (nSPS) is 21.6. The molecule has 0 radical (unpaired) electrons. The predicted molar refractivity (Wildman–Crippen MR) is 86.1 cm³/mol. The first-order valence-corrected chi connectivity index (χ1v) is 9.60. The van der Waals surface area contributed by atoms with Crippen LogP contribution in [0.5, 0.6) is 0 Å². The third-order valence-electron chi connectivity index (χ3n) is 4.66. The maximum atomic E-state index is 14.4. The summed E-state index contributed by atoms with van der Waals surface area (Å²) in [6.45, 7) is 1.20. The number of nitrogens with zero attached hydrogens (tertiary/aromatic N) is 2. The number of amides is 1. The van der Waals surface area contributed by atoms with Crippen molar-refractivity contribution in [3.05, 3.63) is 29.6 Å². The highest BCUT2D eigenvalue weighted by molar-refractivity contribution is 7.89. The fourth-order valence-electron chi connectivity index (χ4n) is 3.33. The lowest BCUT2D eigenvalue weighted by molar-refractivity contribution is -0.140. The number of carbonyl (C=O) groups excluding carboxylic acids is 1. The summed E-state index contributed by atoms with van der Waals surface area (Å²) < 4.78 is 40.5. The molecule has 25 heavy (non-hydrogen) atoms. The smallest absolute Gasteiger partial charge is 0.322 e. The van der Waals surface area contributed by atoms with Crippen molar-refractivity contribution in [2.45, 2.75) is 36.6 Å². The van der Waals surface area contributed by atoms with Crippen LogP contribution in [0.1, 0.15) is 36.0 Å². The average Bonchev–Trinajstić information content (AvgIpc) is 3.25. The van der Waals surface area contributed by atoms with E-state index in [9.17, 15) is 22.4 Å². The molecular weight excluding hydrogens is 351 g/mol. The summed E-state index contributed by atoms with van der Waals surface area (Å²) in [4.78, 5) is 24.7. The van der Waals surface area contributed by atoms with Crippen molar-refractivity contribution < 1.29 is 27.5 Å². The minimum absolute atomic E-state index is 0.0787. The summed E-state index contributed by atoms with van der Waals surface area (Å²) in [5, 5.41) is 9.16. The van der Waals surface area contributed by atoms with E-state index in [1.807, 2.05) is 0 Å². The van der Waals surface area contributed by atoms with Gasteiger partial charge in [0.15, 0.2) is 0 Å². The zero-order valence-electron chi connectivity index (χ0n) is 13.5. The summed E-state index contributed by atoms with van der Waals surface area (Å²) >= 11 is 0. The molecule has 0 aliphatic carbocycles. The van der Waals surface area contributed by atoms with Crippen LogP contribution in [0.15, 0.2) is 23.1 Å². The minimum Gasteiger partial charge on any atom is -0.480 e. The standard InChI is InChI=1S/C16H19FN2O5S/c17-13-10-11(5-6-12(13)15(20)18-7-1-2-8-18)25(23,24)19-9-3-4-14(19)16(21)22/h5-6,10,14H,1-4,7-9H2,(H,21,22). The first-order valence-electron chi connectivity index (χ1n) is 8.16. The molecule has 136 valence electrons. The van der Waals surface area contributed by atoms with E-state index in [1.165, 1.54) is 11.0 Å². The fraction of sp³-hybridized carbons (Fsp3) is 0.500. The molecule has 0 bridgehead atoms. The first kappa shape index (κ1) is 17.8. The van der Waals surface area contributed by atoms with Crippen molar-refractivity contribution in [1.29, 1.82) is 0 Å². The number of hydrogen-bond donors (Lipinski definition) is 1. The molecule has 1 unspecified atom stereocenters. The highest BCUT2D eigenvalue weighted by Gasteiger charge is 2.39. The molecule has 1 aromatic rings. The summed E-state index contributed by atoms with van der Waals surface area (Å²) in [7, 11) is -4.13. The van der Waals surface area contributed by atoms with Gasteiger partial charge in [-0.05, 0) is 43.9 Å². The topological polar surface area (TPSA) is 95.0 Å². The number of carboxylic acid groups (broad SMARTS) is 1. The van der Waals surface area contributed by atoms with Crippen LogP contribution in [0.3, 0.4) is 0 Å². The molecule has 2 aliphatic heterocycles. The van der Waals surface area contributed by atoms with E-state index in [-0.39, 0.29) is 23.4 Å². The quantitative estimate of drug-likeness (QED) is 0.862. The highest BCUT2D eigenvalue weighted by atomic mass is 32.2. The molecule has 1 amide bonds. The van der Waals surface area contributed by atoms with E-state index in [1.54, 1.807) is 0 Å². The number of carboxylic acids is 1. The van der Waals surface area contributed by atoms with Crippen molar-refractivity contribution in [3.8, 4) is 0 Å². The molecule has 0 spiro atoms. The monoisotopic (exact) mass is 370 g/mol. The zero-order valence-corrected chi connectivity index (χ0v) is 14.3. The number of hydrogen-bond acceptors (Lipinski definition) is 4. The molecule has 1 atom stereocenters. The van der Waals surface area contributed by atoms with Crippen LogP contribution < -0.4 is 0 Å². The number of benzene rings is 1. The van der Waals surface area contributed by atoms with Gasteiger partial charge in [-0.2, -0.15) is 4.31 Å². The number of likely N-dealkylation sites (tertiary alicyclic amines) is 1. The molecule has 9 heteroatoms. The van der Waals surface area contributed by atoms with E-state index < -0.39 is 33.8 Å². The van der Waals surface area contributed by atoms with Crippen molar-refractivity contribution in [2.75, 3.05) is 19.6 Å². The van der Waals surface area contributed by atoms with Crippen LogP contribution in [0.2, 0.25) is 0 Å². The van der Waals surface area contributed by atoms with Gasteiger partial charge in [-0.25, -0.2) is 12.8 Å². The van der Waals surface area contributed by atoms with E-state index in [2.05, 4.69) is 0 Å². The van der Waals surface area contributed by atoms with Gasteiger partial charge in [-0.3, -0.25) is 9.59 Å². The van der Waals surface area contributed by atoms with Crippen LogP contribution >= 0.6 is 0 Å². The third kappa shape index (κ3) is 3.25. The SMILES string of the molecule is O=C(O)C1CCCN1S(=O)(=O)c1ccc(C(=O)N2CCCC2)c(F)c1. The second-order valence-corrected chi connectivity index (χ2v) is 8.14. The number of rotatable bonds is 4. The van der Waals surface area contributed by atoms with Crippen molar-refractivity contribution in [3.63, 3.8) is 0 Å². The molecule has 1 N–H and O–H groups in total. The maximum Gasteiger partial charge on any atom is 0.322 e. The van der Waals surface area contributed by atoms with E-state index in [0.29, 0.717) is 19.5 Å². The lowest BCUT2D eigenvalue weighted by Crippen LogP contribution is -2.40. The van der Waals surface area contributed by atoms with Gasteiger partial charge in [0.05, 0.1) is 10.5 Å². The minimum atomic E-state index is -4.13. The Labute approximate surface area is 145 Å². The molecule has 2 saturated heterocycles. The fourth-order valence-corrected chi connectivity index (χ4v) is 4.99. The first-order chi connectivity index (χ1) is 11.8. The summed E-state index contributed by atoms with van der Waals surface area (Å²) in [6.07, 6.45) is 2.39. The summed E-state index contributed by atoms with van der Waals surface area (Å²) in [6, 6.07) is 1.99. The summed E-state index contributed by atoms with van der Waals surface area (Å²) in [5.41, 5.74) is -0.169. The lowest BCUT2D eigenvalue weighted by Gasteiger charge is -2.21. The Kier molecular flexibility index (Phi) is 4.79. The van der Waals surface area contributed by atoms with Crippen LogP contribution in [0.25, 0.3) is 0 Å². The Morgan fingerprint density at radius 3 is 2.40 bits per heavy atom. The highest BCUT2D eigenvalue weighted by Crippen LogP contribution is 2.27. The summed E-state index contributed by atoms with van der Waals surface area (Å²) in [5.74, 6) is -2.59. The van der Waals surface area contributed by atoms with Crippen molar-refractivity contribution in [2.24, 2.45) is 0 Å². The van der Waals surface area contributed by atoms with Crippen LogP contribution in [0, 0.1) is 5.82 Å². The van der Waals surface area contributed by atoms with Gasteiger partial charge in [-0.1, -0.05) is 0 Å². The number of halogens is 1. The van der Waals surface area contributed by atoms with Gasteiger partial charge in [0, 0.05) is 19.6 Å². The van der Waals surface area contributed by atoms with Crippen LogP contribution in [-0.4, -0.2) is 60.3 Å². The second-order valence-electron chi connectivity index (χ2n) is 6.25. The molecular formula is C16H19FN2O5S. The number of aliphatic carboxylic acids is 1. The number of carbonyl (C=O) groups is 2. The van der Waals surface area contributed by atoms with Gasteiger partial charge >= 0.3 is 5.97 Å². The molecule has 2 aliphatic rings. The van der Waals surface area contributed by atoms with Gasteiger partial charge in [0.1, 0.15) is 11.9 Å². The molecule has 0 aromatic heterocycles. The van der Waals surface area contributed by atoms with Crippen LogP contribution in [-0.2, 0) is 14.8 Å². The molecule has 2 heterocycles. The Hall–Kier alpha value is -2.00. The van der Waals surface area contributed by atoms with E-state index in [0.717, 1.165) is 29.3 Å². The second kappa shape index (κ2) is 6.72. The van der Waals surface area contributed by atoms with Crippen molar-refractivity contribution in [1.82, 2.24) is 9.21 Å². The van der Waals surface area contributed by atoms with Gasteiger partial charge in [0.2, 0.25) is 10.0 Å². The van der Waals surface area contributed by atoms with E-state index >= 15 is 0 Å². The molecule has 1 aromatic carbocycles. The predicted octanol–water partition coefficient (Wildman–Crippen LogP) is 1.30. The van der Waals surface area contributed by atoms with Crippen molar-refractivity contribution >= 4 is 21.9 Å². The number of sulfonamides is 1. The maximum absolute atomic E-state index is 14.4. The van der Waals surface area contributed by atoms with Gasteiger partial charge in [0.25, 0.3) is 5.91 Å². The lowest BCUT2D eigenvalue weighted by atomic mass is 10.2. The average molecular weight is 370 g/mol. The molecule has 7 nitrogen and oxygen atoms in total. The molecule has 3 rings (SSSR count). The Morgan fingerprint density at radius 2 is 1.80 bits per heavy atom. The third-order valence-corrected chi connectivity index (χ3v) is 6.56. The Bertz CT molecular complexity index is 805. The molecule has 0 saturated carbocycles. The van der Waals surface area contributed by atoms with Gasteiger partial charge < -0.3 is 10.0 Å².